The standard InChI is InChI=1S/C13H19FN2O2S2/c1-20(17,18)13-10-19-9-8-16(13)7-6-15-12-4-2-11(14)3-5-12/h2-5,13,15H,6-10H2,1H3. The highest BCUT2D eigenvalue weighted by atomic mass is 32.2. The summed E-state index contributed by atoms with van der Waals surface area (Å²) in [5, 5.41) is 2.79. The van der Waals surface area contributed by atoms with Gasteiger partial charge in [0.05, 0.1) is 0 Å². The zero-order chi connectivity index (χ0) is 14.6. The molecule has 1 heterocycles. The van der Waals surface area contributed by atoms with Crippen LogP contribution in [0.3, 0.4) is 0 Å². The van der Waals surface area contributed by atoms with Crippen molar-refractivity contribution in [1.82, 2.24) is 4.90 Å². The van der Waals surface area contributed by atoms with Gasteiger partial charge in [-0.05, 0) is 24.3 Å². The van der Waals surface area contributed by atoms with Crippen molar-refractivity contribution >= 4 is 27.3 Å². The number of benzene rings is 1. The van der Waals surface area contributed by atoms with Gasteiger partial charge in [0.15, 0.2) is 9.84 Å². The first-order valence-corrected chi connectivity index (χ1v) is 9.58. The van der Waals surface area contributed by atoms with Crippen LogP contribution in [0, 0.1) is 5.82 Å². The molecule has 0 saturated carbocycles. The quantitative estimate of drug-likeness (QED) is 0.895. The highest BCUT2D eigenvalue weighted by Crippen LogP contribution is 2.20. The molecule has 2 rings (SSSR count). The van der Waals surface area contributed by atoms with Crippen molar-refractivity contribution < 1.29 is 12.8 Å². The Bertz CT molecular complexity index is 534. The number of hydrogen-bond donors (Lipinski definition) is 1. The molecule has 7 heteroatoms. The monoisotopic (exact) mass is 318 g/mol. The van der Waals surface area contributed by atoms with Crippen molar-refractivity contribution in [3.63, 3.8) is 0 Å². The third-order valence-corrected chi connectivity index (χ3v) is 5.94. The van der Waals surface area contributed by atoms with E-state index in [1.165, 1.54) is 18.4 Å². The van der Waals surface area contributed by atoms with Crippen LogP contribution in [-0.4, -0.2) is 56.1 Å². The van der Waals surface area contributed by atoms with Crippen molar-refractivity contribution in [2.75, 3.05) is 42.7 Å². The number of nitrogens with zero attached hydrogens (tertiary/aromatic N) is 1. The van der Waals surface area contributed by atoms with Crippen LogP contribution in [0.5, 0.6) is 0 Å². The van der Waals surface area contributed by atoms with Crippen LogP contribution in [0.4, 0.5) is 10.1 Å². The Morgan fingerprint density at radius 3 is 2.75 bits per heavy atom. The molecule has 1 N–H and O–H groups in total. The summed E-state index contributed by atoms with van der Waals surface area (Å²) in [5.74, 6) is 1.33. The summed E-state index contributed by atoms with van der Waals surface area (Å²) >= 11 is 1.68. The van der Waals surface area contributed by atoms with Crippen molar-refractivity contribution in [1.29, 1.82) is 0 Å². The molecule has 1 aromatic rings. The van der Waals surface area contributed by atoms with Crippen molar-refractivity contribution in [3.05, 3.63) is 30.1 Å². The third-order valence-electron chi connectivity index (χ3n) is 3.26. The minimum absolute atomic E-state index is 0.263. The first-order chi connectivity index (χ1) is 9.47. The maximum absolute atomic E-state index is 12.8. The number of anilines is 1. The van der Waals surface area contributed by atoms with Gasteiger partial charge in [-0.3, -0.25) is 4.90 Å². The maximum Gasteiger partial charge on any atom is 0.164 e. The topological polar surface area (TPSA) is 49.4 Å². The number of rotatable bonds is 5. The lowest BCUT2D eigenvalue weighted by Crippen LogP contribution is -2.48. The molecule has 0 bridgehead atoms. The van der Waals surface area contributed by atoms with Crippen LogP contribution in [0.15, 0.2) is 24.3 Å². The molecule has 0 spiro atoms. The summed E-state index contributed by atoms with van der Waals surface area (Å²) in [4.78, 5) is 2.00. The molecule has 1 unspecified atom stereocenters. The van der Waals surface area contributed by atoms with Crippen LogP contribution in [0.1, 0.15) is 0 Å². The summed E-state index contributed by atoms with van der Waals surface area (Å²) < 4.78 is 36.3. The van der Waals surface area contributed by atoms with Gasteiger partial charge < -0.3 is 5.32 Å². The number of hydrogen-bond acceptors (Lipinski definition) is 5. The van der Waals surface area contributed by atoms with Crippen LogP contribution in [-0.2, 0) is 9.84 Å². The summed E-state index contributed by atoms with van der Waals surface area (Å²) in [5.41, 5.74) is 0.841. The minimum atomic E-state index is -3.05. The van der Waals surface area contributed by atoms with Gasteiger partial charge in [0, 0.05) is 43.1 Å². The van der Waals surface area contributed by atoms with E-state index in [9.17, 15) is 12.8 Å². The molecule has 20 heavy (non-hydrogen) atoms. The largest absolute Gasteiger partial charge is 0.384 e. The first kappa shape index (κ1) is 15.6. The first-order valence-electron chi connectivity index (χ1n) is 6.47. The van der Waals surface area contributed by atoms with Crippen molar-refractivity contribution in [2.24, 2.45) is 0 Å². The molecule has 1 fully saturated rings. The zero-order valence-corrected chi connectivity index (χ0v) is 13.0. The lowest BCUT2D eigenvalue weighted by Gasteiger charge is -2.34. The zero-order valence-electron chi connectivity index (χ0n) is 11.4. The molecular weight excluding hydrogens is 299 g/mol. The van der Waals surface area contributed by atoms with E-state index in [-0.39, 0.29) is 5.82 Å². The lowest BCUT2D eigenvalue weighted by molar-refractivity contribution is 0.281. The summed E-state index contributed by atoms with van der Waals surface area (Å²) in [6, 6.07) is 6.16. The summed E-state index contributed by atoms with van der Waals surface area (Å²) in [6.45, 7) is 2.09. The van der Waals surface area contributed by atoms with Gasteiger partial charge >= 0.3 is 0 Å². The Morgan fingerprint density at radius 1 is 1.40 bits per heavy atom. The molecule has 0 aliphatic carbocycles. The number of nitrogens with one attached hydrogen (secondary N) is 1. The fourth-order valence-corrected chi connectivity index (χ4v) is 5.15. The minimum Gasteiger partial charge on any atom is -0.384 e. The molecule has 0 aromatic heterocycles. The van der Waals surface area contributed by atoms with Crippen LogP contribution >= 0.6 is 11.8 Å². The van der Waals surface area contributed by atoms with Crippen molar-refractivity contribution in [3.8, 4) is 0 Å². The highest BCUT2D eigenvalue weighted by molar-refractivity contribution is 8.00. The van der Waals surface area contributed by atoms with E-state index in [2.05, 4.69) is 5.32 Å². The second-order valence-corrected chi connectivity index (χ2v) is 8.18. The Balaban J connectivity index is 1.87. The van der Waals surface area contributed by atoms with E-state index in [1.54, 1.807) is 23.9 Å². The average molecular weight is 318 g/mol. The molecule has 1 atom stereocenters. The van der Waals surface area contributed by atoms with E-state index in [1.807, 2.05) is 4.90 Å². The number of sulfone groups is 1. The second-order valence-electron chi connectivity index (χ2n) is 4.83. The number of thioether (sulfide) groups is 1. The molecular formula is C13H19FN2O2S2. The molecule has 0 radical (unpaired) electrons. The third kappa shape index (κ3) is 4.36. The Hall–Kier alpha value is -0.790. The van der Waals surface area contributed by atoms with Crippen LogP contribution in [0.2, 0.25) is 0 Å². The SMILES string of the molecule is CS(=O)(=O)C1CSCCN1CCNc1ccc(F)cc1. The molecule has 1 aromatic carbocycles. The molecule has 112 valence electrons. The highest BCUT2D eigenvalue weighted by Gasteiger charge is 2.30. The fourth-order valence-electron chi connectivity index (χ4n) is 2.18. The smallest absolute Gasteiger partial charge is 0.164 e. The van der Waals surface area contributed by atoms with Crippen LogP contribution < -0.4 is 5.32 Å². The summed E-state index contributed by atoms with van der Waals surface area (Å²) in [7, 11) is -3.05. The van der Waals surface area contributed by atoms with E-state index < -0.39 is 15.2 Å². The van der Waals surface area contributed by atoms with Gasteiger partial charge in [0.1, 0.15) is 11.2 Å². The van der Waals surface area contributed by atoms with Gasteiger partial charge in [0.2, 0.25) is 0 Å². The molecule has 1 saturated heterocycles. The fraction of sp³-hybridized carbons (Fsp3) is 0.538. The predicted molar refractivity (Wildman–Crippen MR) is 82.4 cm³/mol. The van der Waals surface area contributed by atoms with Gasteiger partial charge in [-0.15, -0.1) is 0 Å². The molecule has 1 aliphatic rings. The van der Waals surface area contributed by atoms with Gasteiger partial charge in [0.25, 0.3) is 0 Å². The van der Waals surface area contributed by atoms with Crippen LogP contribution in [0.25, 0.3) is 0 Å². The Labute approximate surface area is 123 Å². The molecule has 1 aliphatic heterocycles. The predicted octanol–water partition coefficient (Wildman–Crippen LogP) is 1.66. The van der Waals surface area contributed by atoms with E-state index in [4.69, 9.17) is 0 Å². The van der Waals surface area contributed by atoms with E-state index in [0.717, 1.165) is 18.0 Å². The maximum atomic E-state index is 12.8. The Morgan fingerprint density at radius 2 is 2.10 bits per heavy atom. The van der Waals surface area contributed by atoms with Crippen molar-refractivity contribution in [2.45, 2.75) is 5.37 Å². The van der Waals surface area contributed by atoms with Gasteiger partial charge in [-0.2, -0.15) is 11.8 Å². The number of halogens is 1. The average Bonchev–Trinajstić information content (AvgIpc) is 2.40. The van der Waals surface area contributed by atoms with Gasteiger partial charge in [-0.1, -0.05) is 0 Å². The molecule has 4 nitrogen and oxygen atoms in total. The summed E-state index contributed by atoms with van der Waals surface area (Å²) in [6.07, 6.45) is 1.30. The normalized spacial score (nSPS) is 20.8. The van der Waals surface area contributed by atoms with E-state index >= 15 is 0 Å². The molecule has 0 amide bonds. The van der Waals surface area contributed by atoms with Gasteiger partial charge in [-0.25, -0.2) is 12.8 Å². The van der Waals surface area contributed by atoms with E-state index in [0.29, 0.717) is 18.8 Å². The Kier molecular flexibility index (Phi) is 5.29. The lowest BCUT2D eigenvalue weighted by atomic mass is 10.3. The second kappa shape index (κ2) is 6.78.